The van der Waals surface area contributed by atoms with Crippen molar-refractivity contribution in [1.82, 2.24) is 0 Å². The van der Waals surface area contributed by atoms with Crippen LogP contribution in [0.3, 0.4) is 0 Å². The van der Waals surface area contributed by atoms with Gasteiger partial charge in [0.25, 0.3) is 10.0 Å². The second-order valence-corrected chi connectivity index (χ2v) is 8.82. The summed E-state index contributed by atoms with van der Waals surface area (Å²) in [6.07, 6.45) is -3.67. The number of carbonyl (C=O) groups excluding carboxylic acids is 1. The lowest BCUT2D eigenvalue weighted by molar-refractivity contribution is -0.139. The zero-order valence-corrected chi connectivity index (χ0v) is 16.0. The van der Waals surface area contributed by atoms with Gasteiger partial charge in [0.05, 0.1) is 22.1 Å². The van der Waals surface area contributed by atoms with Crippen molar-refractivity contribution >= 4 is 27.3 Å². The molecule has 0 saturated carbocycles. The number of amides is 1. The van der Waals surface area contributed by atoms with Gasteiger partial charge in [0.1, 0.15) is 5.82 Å². The van der Waals surface area contributed by atoms with Crippen molar-refractivity contribution in [2.24, 2.45) is 0 Å². The number of anilines is 2. The van der Waals surface area contributed by atoms with E-state index in [9.17, 15) is 30.8 Å². The van der Waals surface area contributed by atoms with Crippen LogP contribution in [0, 0.1) is 5.82 Å². The van der Waals surface area contributed by atoms with Gasteiger partial charge in [-0.05, 0) is 61.2 Å². The highest BCUT2D eigenvalue weighted by molar-refractivity contribution is 7.92. The predicted molar refractivity (Wildman–Crippen MR) is 97.7 cm³/mol. The van der Waals surface area contributed by atoms with E-state index in [-0.39, 0.29) is 10.8 Å². The number of halogens is 4. The highest BCUT2D eigenvalue weighted by Crippen LogP contribution is 2.44. The summed E-state index contributed by atoms with van der Waals surface area (Å²) in [5.74, 6) is -2.09. The summed E-state index contributed by atoms with van der Waals surface area (Å²) >= 11 is 0. The molecule has 2 heterocycles. The van der Waals surface area contributed by atoms with Gasteiger partial charge in [-0.15, -0.1) is 0 Å². The smallest absolute Gasteiger partial charge is 0.311 e. The average Bonchev–Trinajstić information content (AvgIpc) is 2.89. The first kappa shape index (κ1) is 19.7. The second-order valence-electron chi connectivity index (χ2n) is 7.13. The second kappa shape index (κ2) is 6.45. The number of aryl methyl sites for hydroxylation is 1. The van der Waals surface area contributed by atoms with Crippen LogP contribution >= 0.6 is 0 Å². The number of carbonyl (C=O) groups is 1. The quantitative estimate of drug-likeness (QED) is 0.751. The summed E-state index contributed by atoms with van der Waals surface area (Å²) in [5, 5.41) is 0. The minimum atomic E-state index is -4.96. The fourth-order valence-corrected chi connectivity index (χ4v) is 4.98. The SMILES string of the molecule is C[C@H]1C(=O)N2CCCc3cc(S(=O)(=O)Nc4ccc(F)c(C(F)(F)F)c4)cc1c32. The van der Waals surface area contributed by atoms with Crippen LogP contribution < -0.4 is 9.62 Å². The Morgan fingerprint density at radius 2 is 1.90 bits per heavy atom. The average molecular weight is 428 g/mol. The zero-order valence-electron chi connectivity index (χ0n) is 15.2. The summed E-state index contributed by atoms with van der Waals surface area (Å²) in [7, 11) is -4.25. The van der Waals surface area contributed by atoms with Gasteiger partial charge in [0.15, 0.2) is 0 Å². The molecule has 1 atom stereocenters. The Labute approximate surface area is 164 Å². The number of nitrogens with one attached hydrogen (secondary N) is 1. The molecule has 4 rings (SSSR count). The molecule has 154 valence electrons. The third-order valence-electron chi connectivity index (χ3n) is 5.23. The monoisotopic (exact) mass is 428 g/mol. The van der Waals surface area contributed by atoms with Gasteiger partial charge >= 0.3 is 6.18 Å². The molecule has 5 nitrogen and oxygen atoms in total. The Bertz CT molecular complexity index is 1130. The molecule has 2 aliphatic rings. The van der Waals surface area contributed by atoms with Gasteiger partial charge in [-0.3, -0.25) is 9.52 Å². The summed E-state index contributed by atoms with van der Waals surface area (Å²) in [5.41, 5.74) is 0.0636. The van der Waals surface area contributed by atoms with Crippen molar-refractivity contribution < 1.29 is 30.8 Å². The fraction of sp³-hybridized carbons (Fsp3) is 0.316. The first-order valence-electron chi connectivity index (χ1n) is 8.87. The maximum absolute atomic E-state index is 13.5. The number of rotatable bonds is 3. The number of sulfonamides is 1. The van der Waals surface area contributed by atoms with Crippen molar-refractivity contribution in [3.05, 3.63) is 52.8 Å². The Balaban J connectivity index is 1.74. The van der Waals surface area contributed by atoms with E-state index in [1.807, 2.05) is 0 Å². The van der Waals surface area contributed by atoms with Gasteiger partial charge in [-0.1, -0.05) is 0 Å². The van der Waals surface area contributed by atoms with Crippen molar-refractivity contribution in [1.29, 1.82) is 0 Å². The van der Waals surface area contributed by atoms with Crippen LogP contribution in [0.1, 0.15) is 36.0 Å². The lowest BCUT2D eigenvalue weighted by Crippen LogP contribution is -2.32. The van der Waals surface area contributed by atoms with Crippen molar-refractivity contribution in [2.45, 2.75) is 36.8 Å². The zero-order chi connectivity index (χ0) is 21.1. The standard InChI is InChI=1S/C19H16F4N2O3S/c1-10-14-9-13(7-11-3-2-6-25(17(11)14)18(10)26)29(27,28)24-12-4-5-16(20)15(8-12)19(21,22)23/h4-5,7-10,24H,2-3,6H2,1H3/t10-/m1/s1. The molecule has 2 aromatic rings. The topological polar surface area (TPSA) is 66.5 Å². The Morgan fingerprint density at radius 1 is 1.17 bits per heavy atom. The minimum Gasteiger partial charge on any atom is -0.311 e. The number of alkyl halides is 3. The van der Waals surface area contributed by atoms with E-state index in [0.717, 1.165) is 11.8 Å². The molecule has 1 amide bonds. The normalized spacial score (nSPS) is 18.7. The van der Waals surface area contributed by atoms with Gasteiger partial charge in [-0.2, -0.15) is 13.2 Å². The molecule has 0 fully saturated rings. The third kappa shape index (κ3) is 3.25. The molecule has 2 aliphatic heterocycles. The maximum atomic E-state index is 13.5. The number of benzene rings is 2. The highest BCUT2D eigenvalue weighted by Gasteiger charge is 2.39. The lowest BCUT2D eigenvalue weighted by Gasteiger charge is -2.26. The molecule has 1 N–H and O–H groups in total. The predicted octanol–water partition coefficient (Wildman–Crippen LogP) is 4.04. The Hall–Kier alpha value is -2.62. The first-order chi connectivity index (χ1) is 13.5. The van der Waals surface area contributed by atoms with Gasteiger partial charge in [0.2, 0.25) is 5.91 Å². The molecule has 0 radical (unpaired) electrons. The van der Waals surface area contributed by atoms with Gasteiger partial charge in [-0.25, -0.2) is 12.8 Å². The molecule has 0 aliphatic carbocycles. The van der Waals surface area contributed by atoms with Crippen LogP contribution in [0.15, 0.2) is 35.2 Å². The number of hydrogen-bond donors (Lipinski definition) is 1. The van der Waals surface area contributed by atoms with E-state index in [1.54, 1.807) is 11.8 Å². The molecule has 0 aromatic heterocycles. The van der Waals surface area contributed by atoms with Crippen LogP contribution in [0.4, 0.5) is 28.9 Å². The van der Waals surface area contributed by atoms with Crippen LogP contribution in [0.5, 0.6) is 0 Å². The van der Waals surface area contributed by atoms with Gasteiger partial charge < -0.3 is 4.90 Å². The van der Waals surface area contributed by atoms with Crippen molar-refractivity contribution in [3.63, 3.8) is 0 Å². The maximum Gasteiger partial charge on any atom is 0.419 e. The fourth-order valence-electron chi connectivity index (χ4n) is 3.84. The molecular formula is C19H16F4N2O3S. The molecule has 10 heteroatoms. The molecule has 0 spiro atoms. The van der Waals surface area contributed by atoms with Crippen LogP contribution in [-0.2, 0) is 27.4 Å². The van der Waals surface area contributed by atoms with Crippen molar-refractivity contribution in [3.8, 4) is 0 Å². The molecule has 0 saturated heterocycles. The van der Waals surface area contributed by atoms with E-state index in [2.05, 4.69) is 4.72 Å². The van der Waals surface area contributed by atoms with Crippen LogP contribution in [-0.4, -0.2) is 20.9 Å². The van der Waals surface area contributed by atoms with E-state index >= 15 is 0 Å². The van der Waals surface area contributed by atoms with Crippen LogP contribution in [0.2, 0.25) is 0 Å². The summed E-state index contributed by atoms with van der Waals surface area (Å²) in [4.78, 5) is 13.9. The summed E-state index contributed by atoms with van der Waals surface area (Å²) in [6.45, 7) is 2.26. The largest absolute Gasteiger partial charge is 0.419 e. The molecule has 0 unspecified atom stereocenters. The van der Waals surface area contributed by atoms with Crippen LogP contribution in [0.25, 0.3) is 0 Å². The van der Waals surface area contributed by atoms with E-state index in [4.69, 9.17) is 0 Å². The van der Waals surface area contributed by atoms with E-state index in [0.29, 0.717) is 42.6 Å². The molecule has 2 aromatic carbocycles. The number of hydrogen-bond acceptors (Lipinski definition) is 3. The summed E-state index contributed by atoms with van der Waals surface area (Å²) in [6, 6.07) is 4.72. The third-order valence-corrected chi connectivity index (χ3v) is 6.59. The number of nitrogens with zero attached hydrogens (tertiary/aromatic N) is 1. The highest BCUT2D eigenvalue weighted by atomic mass is 32.2. The van der Waals surface area contributed by atoms with Crippen molar-refractivity contribution in [2.75, 3.05) is 16.2 Å². The Kier molecular flexibility index (Phi) is 4.38. The van der Waals surface area contributed by atoms with E-state index < -0.39 is 39.2 Å². The summed E-state index contributed by atoms with van der Waals surface area (Å²) < 4.78 is 79.9. The molecule has 0 bridgehead atoms. The first-order valence-corrected chi connectivity index (χ1v) is 10.3. The minimum absolute atomic E-state index is 0.100. The molecule has 29 heavy (non-hydrogen) atoms. The molecular weight excluding hydrogens is 412 g/mol. The lowest BCUT2D eigenvalue weighted by atomic mass is 9.97. The van der Waals surface area contributed by atoms with Gasteiger partial charge in [0, 0.05) is 12.2 Å². The Morgan fingerprint density at radius 3 is 2.59 bits per heavy atom. The van der Waals surface area contributed by atoms with E-state index in [1.165, 1.54) is 12.1 Å².